The normalized spacial score (nSPS) is 21.0. The molecule has 1 fully saturated rings. The number of methoxy groups -OCH3 is 1. The highest BCUT2D eigenvalue weighted by atomic mass is 19.1. The number of amides is 1. The zero-order valence-electron chi connectivity index (χ0n) is 13.8. The van der Waals surface area contributed by atoms with Gasteiger partial charge in [0.25, 0.3) is 5.91 Å². The van der Waals surface area contributed by atoms with Gasteiger partial charge in [0.1, 0.15) is 5.82 Å². The second-order valence-electron chi connectivity index (χ2n) is 6.17. The summed E-state index contributed by atoms with van der Waals surface area (Å²) in [6.45, 7) is 1.55. The Hall–Kier alpha value is -2.24. The lowest BCUT2D eigenvalue weighted by Crippen LogP contribution is -2.43. The maximum atomic E-state index is 13.4. The first kappa shape index (κ1) is 16.6. The molecular weight excluding hydrogens is 307 g/mol. The zero-order valence-corrected chi connectivity index (χ0v) is 13.8. The van der Waals surface area contributed by atoms with Gasteiger partial charge in [0.2, 0.25) is 0 Å². The lowest BCUT2D eigenvalue weighted by Gasteiger charge is -2.18. The highest BCUT2D eigenvalue weighted by Gasteiger charge is 2.32. The molecule has 3 rings (SSSR count). The van der Waals surface area contributed by atoms with E-state index >= 15 is 0 Å². The molecule has 0 bridgehead atoms. The number of halogens is 1. The number of hydrogen-bond acceptors (Lipinski definition) is 3. The molecule has 2 aromatic rings. The number of likely N-dealkylation sites (N-methyl/N-ethyl adjacent to an activating group) is 1. The van der Waals surface area contributed by atoms with E-state index in [9.17, 15) is 9.18 Å². The van der Waals surface area contributed by atoms with Crippen molar-refractivity contribution in [2.24, 2.45) is 0 Å². The Bertz CT molecular complexity index is 735. The average Bonchev–Trinajstić information content (AvgIpc) is 2.94. The molecule has 5 heteroatoms. The van der Waals surface area contributed by atoms with Gasteiger partial charge < -0.3 is 15.0 Å². The van der Waals surface area contributed by atoms with Crippen molar-refractivity contribution in [2.45, 2.75) is 12.1 Å². The Morgan fingerprint density at radius 2 is 1.88 bits per heavy atom. The summed E-state index contributed by atoms with van der Waals surface area (Å²) in [5.41, 5.74) is 2.12. The van der Waals surface area contributed by atoms with Crippen LogP contribution in [0.15, 0.2) is 48.5 Å². The Morgan fingerprint density at radius 1 is 1.17 bits per heavy atom. The second-order valence-corrected chi connectivity index (χ2v) is 6.17. The molecule has 0 aliphatic carbocycles. The first-order valence-electron chi connectivity index (χ1n) is 7.95. The Kier molecular flexibility index (Phi) is 4.92. The van der Waals surface area contributed by atoms with Crippen LogP contribution in [-0.2, 0) is 4.74 Å². The molecule has 0 aromatic heterocycles. The first-order chi connectivity index (χ1) is 11.6. The third-order valence-electron chi connectivity index (χ3n) is 4.35. The van der Waals surface area contributed by atoms with Crippen molar-refractivity contribution in [2.75, 3.05) is 27.2 Å². The Labute approximate surface area is 141 Å². The molecule has 0 radical (unpaired) electrons. The van der Waals surface area contributed by atoms with E-state index in [1.807, 2.05) is 25.2 Å². The van der Waals surface area contributed by atoms with Crippen LogP contribution in [0.5, 0.6) is 0 Å². The van der Waals surface area contributed by atoms with Crippen molar-refractivity contribution in [3.05, 3.63) is 59.9 Å². The van der Waals surface area contributed by atoms with Gasteiger partial charge in [0.05, 0.1) is 12.1 Å². The Morgan fingerprint density at radius 3 is 2.58 bits per heavy atom. The van der Waals surface area contributed by atoms with Crippen LogP contribution in [-0.4, -0.2) is 50.2 Å². The maximum Gasteiger partial charge on any atom is 0.251 e. The molecule has 1 aliphatic rings. The lowest BCUT2D eigenvalue weighted by molar-refractivity contribution is 0.0766. The van der Waals surface area contributed by atoms with Gasteiger partial charge in [-0.2, -0.15) is 0 Å². The Balaban J connectivity index is 1.77. The summed E-state index contributed by atoms with van der Waals surface area (Å²) in [5, 5.41) is 3.04. The van der Waals surface area contributed by atoms with Crippen molar-refractivity contribution in [3.8, 4) is 11.1 Å². The number of rotatable bonds is 4. The van der Waals surface area contributed by atoms with Crippen LogP contribution >= 0.6 is 0 Å². The van der Waals surface area contributed by atoms with Crippen LogP contribution in [0.4, 0.5) is 4.39 Å². The number of nitrogens with zero attached hydrogens (tertiary/aromatic N) is 1. The molecule has 0 unspecified atom stereocenters. The molecule has 1 saturated heterocycles. The molecule has 1 heterocycles. The molecule has 126 valence electrons. The molecule has 0 saturated carbocycles. The lowest BCUT2D eigenvalue weighted by atomic mass is 10.0. The predicted octanol–water partition coefficient (Wildman–Crippen LogP) is 2.55. The molecule has 2 atom stereocenters. The van der Waals surface area contributed by atoms with E-state index in [4.69, 9.17) is 4.74 Å². The predicted molar refractivity (Wildman–Crippen MR) is 91.4 cm³/mol. The number of carbonyl (C=O) groups is 1. The number of nitrogens with one attached hydrogen (secondary N) is 1. The summed E-state index contributed by atoms with van der Waals surface area (Å²) >= 11 is 0. The second kappa shape index (κ2) is 7.11. The van der Waals surface area contributed by atoms with Crippen LogP contribution in [0.1, 0.15) is 10.4 Å². The molecule has 1 aliphatic heterocycles. The highest BCUT2D eigenvalue weighted by Crippen LogP contribution is 2.21. The van der Waals surface area contributed by atoms with E-state index in [0.29, 0.717) is 5.56 Å². The minimum absolute atomic E-state index is 0.00893. The van der Waals surface area contributed by atoms with Crippen molar-refractivity contribution in [1.82, 2.24) is 10.2 Å². The van der Waals surface area contributed by atoms with Crippen molar-refractivity contribution < 1.29 is 13.9 Å². The number of likely N-dealkylation sites (tertiary alicyclic amines) is 1. The average molecular weight is 328 g/mol. The summed E-state index contributed by atoms with van der Waals surface area (Å²) in [6, 6.07) is 13.5. The van der Waals surface area contributed by atoms with E-state index in [1.165, 1.54) is 12.1 Å². The topological polar surface area (TPSA) is 41.6 Å². The van der Waals surface area contributed by atoms with Crippen molar-refractivity contribution in [1.29, 1.82) is 0 Å². The summed E-state index contributed by atoms with van der Waals surface area (Å²) in [4.78, 5) is 14.7. The van der Waals surface area contributed by atoms with Crippen LogP contribution in [0, 0.1) is 5.82 Å². The van der Waals surface area contributed by atoms with Gasteiger partial charge in [-0.1, -0.05) is 24.3 Å². The third kappa shape index (κ3) is 3.63. The van der Waals surface area contributed by atoms with Gasteiger partial charge in [0, 0.05) is 25.8 Å². The van der Waals surface area contributed by atoms with Gasteiger partial charge in [-0.25, -0.2) is 4.39 Å². The fraction of sp³-hybridized carbons (Fsp3) is 0.316. The first-order valence-corrected chi connectivity index (χ1v) is 7.95. The molecule has 1 N–H and O–H groups in total. The number of hydrogen-bond donors (Lipinski definition) is 1. The van der Waals surface area contributed by atoms with Crippen LogP contribution in [0.2, 0.25) is 0 Å². The van der Waals surface area contributed by atoms with E-state index < -0.39 is 0 Å². The van der Waals surface area contributed by atoms with Crippen LogP contribution in [0.25, 0.3) is 11.1 Å². The maximum absolute atomic E-state index is 13.4. The van der Waals surface area contributed by atoms with E-state index in [0.717, 1.165) is 24.2 Å². The summed E-state index contributed by atoms with van der Waals surface area (Å²) in [6.07, 6.45) is -0.00893. The van der Waals surface area contributed by atoms with Crippen LogP contribution < -0.4 is 5.32 Å². The van der Waals surface area contributed by atoms with Crippen LogP contribution in [0.3, 0.4) is 0 Å². The number of ether oxygens (including phenoxy) is 1. The van der Waals surface area contributed by atoms with Crippen molar-refractivity contribution >= 4 is 5.91 Å². The van der Waals surface area contributed by atoms with Gasteiger partial charge in [0.15, 0.2) is 0 Å². The quantitative estimate of drug-likeness (QED) is 0.938. The minimum Gasteiger partial charge on any atom is -0.378 e. The van der Waals surface area contributed by atoms with Crippen molar-refractivity contribution in [3.63, 3.8) is 0 Å². The smallest absolute Gasteiger partial charge is 0.251 e. The molecule has 1 amide bonds. The summed E-state index contributed by atoms with van der Waals surface area (Å²) < 4.78 is 18.8. The van der Waals surface area contributed by atoms with Gasteiger partial charge in [-0.3, -0.25) is 4.79 Å². The molecule has 4 nitrogen and oxygen atoms in total. The molecule has 0 spiro atoms. The number of carbonyl (C=O) groups excluding carboxylic acids is 1. The molecule has 2 aromatic carbocycles. The summed E-state index contributed by atoms with van der Waals surface area (Å²) in [5.74, 6) is -0.435. The third-order valence-corrected chi connectivity index (χ3v) is 4.35. The zero-order chi connectivity index (χ0) is 17.1. The highest BCUT2D eigenvalue weighted by molar-refractivity contribution is 5.95. The minimum atomic E-state index is -0.292. The van der Waals surface area contributed by atoms with Gasteiger partial charge in [-0.05, 0) is 42.4 Å². The van der Waals surface area contributed by atoms with Gasteiger partial charge in [-0.15, -0.1) is 0 Å². The molecular formula is C19H21FN2O2. The van der Waals surface area contributed by atoms with E-state index in [2.05, 4.69) is 10.2 Å². The van der Waals surface area contributed by atoms with E-state index in [1.54, 1.807) is 25.3 Å². The fourth-order valence-electron chi connectivity index (χ4n) is 3.10. The monoisotopic (exact) mass is 328 g/mol. The largest absolute Gasteiger partial charge is 0.378 e. The standard InChI is InChI=1S/C19H21FN2O2/c1-22-11-17(18(12-22)24-2)21-19(23)15-7-3-5-13(9-15)14-6-4-8-16(20)10-14/h3-10,17-18H,11-12H2,1-2H3,(H,21,23)/t17-,18-/m0/s1. The number of benzene rings is 2. The fourth-order valence-corrected chi connectivity index (χ4v) is 3.10. The molecule has 24 heavy (non-hydrogen) atoms. The van der Waals surface area contributed by atoms with E-state index in [-0.39, 0.29) is 23.9 Å². The van der Waals surface area contributed by atoms with Gasteiger partial charge >= 0.3 is 0 Å². The summed E-state index contributed by atoms with van der Waals surface area (Å²) in [7, 11) is 3.66. The SMILES string of the molecule is CO[C@H]1CN(C)C[C@@H]1NC(=O)c1cccc(-c2cccc(F)c2)c1.